The number of benzene rings is 1. The maximum absolute atomic E-state index is 14.0. The Bertz CT molecular complexity index is 506. The minimum absolute atomic E-state index is 0.0262. The molecular formula is C11H8Cl4F2O2. The summed E-state index contributed by atoms with van der Waals surface area (Å²) in [6, 6.07) is 1.08. The van der Waals surface area contributed by atoms with Crippen molar-refractivity contribution in [1.29, 1.82) is 0 Å². The van der Waals surface area contributed by atoms with E-state index in [2.05, 4.69) is 0 Å². The molecule has 0 amide bonds. The predicted molar refractivity (Wildman–Crippen MR) is 71.9 cm³/mol. The summed E-state index contributed by atoms with van der Waals surface area (Å²) in [7, 11) is 0. The Morgan fingerprint density at radius 1 is 1.16 bits per heavy atom. The zero-order chi connectivity index (χ0) is 14.8. The Hall–Kier alpha value is -0.290. The van der Waals surface area contributed by atoms with E-state index in [1.165, 1.54) is 0 Å². The first-order valence-corrected chi connectivity index (χ1v) is 6.61. The zero-order valence-corrected chi connectivity index (χ0v) is 12.3. The van der Waals surface area contributed by atoms with Crippen molar-refractivity contribution >= 4 is 52.4 Å². The molecule has 0 bridgehead atoms. The molecule has 0 fully saturated rings. The van der Waals surface area contributed by atoms with Crippen LogP contribution in [0.15, 0.2) is 6.07 Å². The summed E-state index contributed by atoms with van der Waals surface area (Å²) < 4.78 is 28.0. The first-order valence-electron chi connectivity index (χ1n) is 5.10. The highest BCUT2D eigenvalue weighted by molar-refractivity contribution is 6.49. The molecule has 0 spiro atoms. The van der Waals surface area contributed by atoms with Crippen LogP contribution in [-0.4, -0.2) is 11.1 Å². The van der Waals surface area contributed by atoms with E-state index in [1.54, 1.807) is 0 Å². The van der Waals surface area contributed by atoms with Crippen molar-refractivity contribution < 1.29 is 18.7 Å². The smallest absolute Gasteiger partial charge is 0.303 e. The van der Waals surface area contributed by atoms with E-state index in [-0.39, 0.29) is 27.9 Å². The monoisotopic (exact) mass is 350 g/mol. The van der Waals surface area contributed by atoms with E-state index < -0.39 is 28.9 Å². The van der Waals surface area contributed by atoms with Crippen LogP contribution in [0.5, 0.6) is 0 Å². The van der Waals surface area contributed by atoms with Gasteiger partial charge in [0.15, 0.2) is 0 Å². The van der Waals surface area contributed by atoms with Gasteiger partial charge in [0.1, 0.15) is 0 Å². The van der Waals surface area contributed by atoms with Crippen molar-refractivity contribution in [3.63, 3.8) is 0 Å². The molecule has 0 radical (unpaired) electrons. The number of alkyl halides is 2. The topological polar surface area (TPSA) is 37.3 Å². The summed E-state index contributed by atoms with van der Waals surface area (Å²) in [6.07, 6.45) is -1.28. The van der Waals surface area contributed by atoms with Crippen molar-refractivity contribution in [3.8, 4) is 0 Å². The lowest BCUT2D eigenvalue weighted by molar-refractivity contribution is -0.137. The minimum Gasteiger partial charge on any atom is -0.481 e. The van der Waals surface area contributed by atoms with E-state index in [4.69, 9.17) is 51.5 Å². The van der Waals surface area contributed by atoms with Crippen LogP contribution in [0.25, 0.3) is 0 Å². The van der Waals surface area contributed by atoms with E-state index >= 15 is 0 Å². The van der Waals surface area contributed by atoms with Gasteiger partial charge in [-0.15, -0.1) is 0 Å². The number of carbonyl (C=O) groups is 1. The maximum Gasteiger partial charge on any atom is 0.303 e. The number of aliphatic carboxylic acids is 1. The Labute approximate surface area is 128 Å². The first-order chi connectivity index (χ1) is 8.66. The first kappa shape index (κ1) is 16.8. The van der Waals surface area contributed by atoms with Crippen LogP contribution in [0.2, 0.25) is 20.1 Å². The van der Waals surface area contributed by atoms with Crippen molar-refractivity contribution in [2.24, 2.45) is 0 Å². The summed E-state index contributed by atoms with van der Waals surface area (Å²) in [6.45, 7) is 0. The molecule has 0 aliphatic carbocycles. The lowest BCUT2D eigenvalue weighted by atomic mass is 10.0. The summed E-state index contributed by atoms with van der Waals surface area (Å²) >= 11 is 22.8. The van der Waals surface area contributed by atoms with Crippen LogP contribution in [0.3, 0.4) is 0 Å². The van der Waals surface area contributed by atoms with Crippen LogP contribution in [0.1, 0.15) is 24.8 Å². The highest BCUT2D eigenvalue weighted by atomic mass is 35.5. The van der Waals surface area contributed by atoms with Gasteiger partial charge in [-0.05, 0) is 12.5 Å². The Morgan fingerprint density at radius 2 is 1.74 bits per heavy atom. The quantitative estimate of drug-likeness (QED) is 0.550. The van der Waals surface area contributed by atoms with E-state index in [0.717, 1.165) is 6.07 Å². The van der Waals surface area contributed by atoms with Gasteiger partial charge >= 0.3 is 5.97 Å². The summed E-state index contributed by atoms with van der Waals surface area (Å²) in [4.78, 5) is 10.3. The molecular weight excluding hydrogens is 344 g/mol. The minimum atomic E-state index is -3.38. The molecule has 1 aromatic carbocycles. The normalized spacial score (nSPS) is 11.7. The van der Waals surface area contributed by atoms with Gasteiger partial charge in [-0.2, -0.15) is 0 Å². The highest BCUT2D eigenvalue weighted by Gasteiger charge is 2.37. The van der Waals surface area contributed by atoms with Gasteiger partial charge in [-0.3, -0.25) is 4.79 Å². The fourth-order valence-electron chi connectivity index (χ4n) is 1.49. The SMILES string of the molecule is O=C(O)CCCC(F)(F)c1c(Cl)cc(Cl)c(Cl)c1Cl. The van der Waals surface area contributed by atoms with Crippen LogP contribution in [0.4, 0.5) is 8.78 Å². The molecule has 0 saturated carbocycles. The molecule has 0 aliphatic heterocycles. The molecule has 1 N–H and O–H groups in total. The molecule has 2 nitrogen and oxygen atoms in total. The van der Waals surface area contributed by atoms with Gasteiger partial charge in [0.25, 0.3) is 5.92 Å². The second-order valence-corrected chi connectivity index (χ2v) is 5.37. The number of carboxylic acids is 1. The number of hydrogen-bond donors (Lipinski definition) is 1. The summed E-state index contributed by atoms with van der Waals surface area (Å²) in [5, 5.41) is 7.48. The summed E-state index contributed by atoms with van der Waals surface area (Å²) in [5.74, 6) is -4.53. The molecule has 0 unspecified atom stereocenters. The van der Waals surface area contributed by atoms with Crippen molar-refractivity contribution in [2.45, 2.75) is 25.2 Å². The van der Waals surface area contributed by atoms with Crippen LogP contribution >= 0.6 is 46.4 Å². The fraction of sp³-hybridized carbons (Fsp3) is 0.364. The number of halogens is 6. The molecule has 19 heavy (non-hydrogen) atoms. The zero-order valence-electron chi connectivity index (χ0n) is 9.32. The van der Waals surface area contributed by atoms with Crippen molar-refractivity contribution in [1.82, 2.24) is 0 Å². The lowest BCUT2D eigenvalue weighted by Gasteiger charge is -2.20. The van der Waals surface area contributed by atoms with E-state index in [1.807, 2.05) is 0 Å². The molecule has 0 atom stereocenters. The fourth-order valence-corrected chi connectivity index (χ4v) is 2.68. The van der Waals surface area contributed by atoms with Crippen LogP contribution in [-0.2, 0) is 10.7 Å². The molecule has 8 heteroatoms. The molecule has 0 aromatic heterocycles. The van der Waals surface area contributed by atoms with Crippen LogP contribution < -0.4 is 0 Å². The van der Waals surface area contributed by atoms with Gasteiger partial charge in [0, 0.05) is 12.8 Å². The van der Waals surface area contributed by atoms with Crippen molar-refractivity contribution in [2.75, 3.05) is 0 Å². The molecule has 106 valence electrons. The van der Waals surface area contributed by atoms with Gasteiger partial charge in [0.2, 0.25) is 0 Å². The third kappa shape index (κ3) is 4.09. The average molecular weight is 352 g/mol. The third-order valence-corrected chi connectivity index (χ3v) is 3.92. The number of rotatable bonds is 5. The Kier molecular flexibility index (Phi) is 5.68. The van der Waals surface area contributed by atoms with Gasteiger partial charge in [-0.25, -0.2) is 8.78 Å². The molecule has 1 aromatic rings. The third-order valence-electron chi connectivity index (χ3n) is 2.36. The number of carboxylic acid groups (broad SMARTS) is 1. The Balaban J connectivity index is 3.07. The molecule has 0 saturated heterocycles. The maximum atomic E-state index is 14.0. The molecule has 1 rings (SSSR count). The molecule has 0 aliphatic rings. The van der Waals surface area contributed by atoms with Gasteiger partial charge in [-0.1, -0.05) is 46.4 Å². The van der Waals surface area contributed by atoms with Crippen LogP contribution in [0, 0.1) is 0 Å². The second kappa shape index (κ2) is 6.44. The standard InChI is InChI=1S/C11H8Cl4F2O2/c12-5-4-6(13)9(14)10(15)8(5)11(16,17)3-1-2-7(18)19/h4H,1-3H2,(H,18,19). The van der Waals surface area contributed by atoms with E-state index in [9.17, 15) is 13.6 Å². The van der Waals surface area contributed by atoms with Crippen molar-refractivity contribution in [3.05, 3.63) is 31.7 Å². The lowest BCUT2D eigenvalue weighted by Crippen LogP contribution is -2.15. The van der Waals surface area contributed by atoms with E-state index in [0.29, 0.717) is 0 Å². The van der Waals surface area contributed by atoms with Gasteiger partial charge in [0.05, 0.1) is 25.7 Å². The predicted octanol–water partition coefficient (Wildman–Crippen LogP) is 5.65. The Morgan fingerprint density at radius 3 is 2.26 bits per heavy atom. The number of hydrogen-bond acceptors (Lipinski definition) is 1. The second-order valence-electron chi connectivity index (χ2n) is 3.79. The molecule has 0 heterocycles. The van der Waals surface area contributed by atoms with Gasteiger partial charge < -0.3 is 5.11 Å². The largest absolute Gasteiger partial charge is 0.481 e. The summed E-state index contributed by atoms with van der Waals surface area (Å²) in [5.41, 5.74) is -0.629. The average Bonchev–Trinajstić information content (AvgIpc) is 2.24. The highest BCUT2D eigenvalue weighted by Crippen LogP contribution is 2.46.